The molecule has 0 spiro atoms. The number of benzene rings is 1. The Hall–Kier alpha value is -1.27. The van der Waals surface area contributed by atoms with Crippen LogP contribution in [0.5, 0.6) is 0 Å². The average molecular weight is 364 g/mol. The molecule has 0 aliphatic rings. The van der Waals surface area contributed by atoms with E-state index < -0.39 is 5.97 Å². The molecule has 2 amide bonds. The Morgan fingerprint density at radius 1 is 1.25 bits per heavy atom. The zero-order valence-electron chi connectivity index (χ0n) is 10.8. The van der Waals surface area contributed by atoms with Gasteiger partial charge in [0.2, 0.25) is 0 Å². The van der Waals surface area contributed by atoms with E-state index >= 15 is 0 Å². The molecule has 0 saturated heterocycles. The van der Waals surface area contributed by atoms with E-state index in [-0.39, 0.29) is 12.5 Å². The zero-order chi connectivity index (χ0) is 15.0. The van der Waals surface area contributed by atoms with Crippen LogP contribution in [0, 0.1) is 0 Å². The lowest BCUT2D eigenvalue weighted by molar-refractivity contribution is -0.137. The number of hydrogen-bond donors (Lipinski definition) is 3. The predicted molar refractivity (Wildman–Crippen MR) is 82.3 cm³/mol. The van der Waals surface area contributed by atoms with E-state index in [1.165, 1.54) is 0 Å². The maximum absolute atomic E-state index is 11.6. The number of halogens is 2. The van der Waals surface area contributed by atoms with Gasteiger partial charge in [-0.1, -0.05) is 18.0 Å². The molecule has 0 radical (unpaired) electrons. The van der Waals surface area contributed by atoms with Crippen LogP contribution in [0.2, 0.25) is 5.02 Å². The number of rotatable bonds is 7. The maximum atomic E-state index is 11.6. The number of unbranched alkanes of at least 4 members (excludes halogenated alkanes) is 2. The Labute approximate surface area is 130 Å². The summed E-state index contributed by atoms with van der Waals surface area (Å²) in [6.45, 7) is 0.514. The molecule has 5 nitrogen and oxygen atoms in total. The third-order valence-corrected chi connectivity index (χ3v) is 3.74. The number of hydrogen-bond acceptors (Lipinski definition) is 2. The van der Waals surface area contributed by atoms with Gasteiger partial charge in [-0.25, -0.2) is 4.79 Å². The summed E-state index contributed by atoms with van der Waals surface area (Å²) >= 11 is 9.13. The number of anilines is 1. The van der Waals surface area contributed by atoms with Crippen molar-refractivity contribution in [2.45, 2.75) is 25.7 Å². The van der Waals surface area contributed by atoms with Crippen molar-refractivity contribution < 1.29 is 14.7 Å². The maximum Gasteiger partial charge on any atom is 0.319 e. The van der Waals surface area contributed by atoms with E-state index in [1.807, 2.05) is 0 Å². The summed E-state index contributed by atoms with van der Waals surface area (Å²) in [4.78, 5) is 21.9. The molecule has 3 N–H and O–H groups in total. The van der Waals surface area contributed by atoms with E-state index in [1.54, 1.807) is 18.2 Å². The van der Waals surface area contributed by atoms with Crippen LogP contribution < -0.4 is 10.6 Å². The van der Waals surface area contributed by atoms with Crippen molar-refractivity contribution in [3.63, 3.8) is 0 Å². The second-order valence-electron chi connectivity index (χ2n) is 4.21. The van der Waals surface area contributed by atoms with Gasteiger partial charge in [0.1, 0.15) is 0 Å². The highest BCUT2D eigenvalue weighted by Crippen LogP contribution is 2.25. The van der Waals surface area contributed by atoms with E-state index in [2.05, 4.69) is 26.6 Å². The van der Waals surface area contributed by atoms with Crippen LogP contribution in [0.3, 0.4) is 0 Å². The molecule has 0 atom stereocenters. The fourth-order valence-corrected chi connectivity index (χ4v) is 2.03. The van der Waals surface area contributed by atoms with E-state index in [0.717, 1.165) is 12.8 Å². The first kappa shape index (κ1) is 16.8. The van der Waals surface area contributed by atoms with Gasteiger partial charge in [-0.2, -0.15) is 0 Å². The summed E-state index contributed by atoms with van der Waals surface area (Å²) in [5.74, 6) is -0.788. The number of carboxylic acid groups (broad SMARTS) is 1. The second kappa shape index (κ2) is 8.81. The third kappa shape index (κ3) is 6.77. The molecule has 0 heterocycles. The lowest BCUT2D eigenvalue weighted by Gasteiger charge is -2.08. The van der Waals surface area contributed by atoms with Crippen molar-refractivity contribution in [1.82, 2.24) is 5.32 Å². The van der Waals surface area contributed by atoms with Crippen LogP contribution in [0.25, 0.3) is 0 Å². The van der Waals surface area contributed by atoms with E-state index in [4.69, 9.17) is 16.7 Å². The van der Waals surface area contributed by atoms with Crippen molar-refractivity contribution in [1.29, 1.82) is 0 Å². The minimum atomic E-state index is -0.788. The van der Waals surface area contributed by atoms with Gasteiger partial charge in [0.15, 0.2) is 0 Å². The van der Waals surface area contributed by atoms with Crippen molar-refractivity contribution in [2.75, 3.05) is 11.9 Å². The highest BCUT2D eigenvalue weighted by atomic mass is 79.9. The summed E-state index contributed by atoms with van der Waals surface area (Å²) in [6.07, 6.45) is 2.33. The number of carboxylic acids is 1. The van der Waals surface area contributed by atoms with Gasteiger partial charge in [0.05, 0.1) is 5.02 Å². The summed E-state index contributed by atoms with van der Waals surface area (Å²) in [7, 11) is 0. The predicted octanol–water partition coefficient (Wildman–Crippen LogP) is 3.87. The van der Waals surface area contributed by atoms with Gasteiger partial charge in [-0.15, -0.1) is 0 Å². The molecule has 0 aromatic heterocycles. The molecule has 110 valence electrons. The number of urea groups is 1. The summed E-state index contributed by atoms with van der Waals surface area (Å²) in [6, 6.07) is 4.82. The van der Waals surface area contributed by atoms with Gasteiger partial charge in [0.25, 0.3) is 0 Å². The van der Waals surface area contributed by atoms with E-state index in [9.17, 15) is 9.59 Å². The lowest BCUT2D eigenvalue weighted by atomic mass is 10.2. The molecule has 0 fully saturated rings. The van der Waals surface area contributed by atoms with Crippen molar-refractivity contribution in [2.24, 2.45) is 0 Å². The van der Waals surface area contributed by atoms with Crippen LogP contribution in [0.1, 0.15) is 25.7 Å². The molecule has 0 aliphatic heterocycles. The topological polar surface area (TPSA) is 78.4 Å². The molecule has 1 aromatic rings. The molecule has 0 aliphatic carbocycles. The minimum absolute atomic E-state index is 0.172. The summed E-state index contributed by atoms with van der Waals surface area (Å²) in [5.41, 5.74) is 0.643. The van der Waals surface area contributed by atoms with Gasteiger partial charge in [-0.3, -0.25) is 4.79 Å². The first-order valence-electron chi connectivity index (χ1n) is 6.20. The van der Waals surface area contributed by atoms with Gasteiger partial charge in [0, 0.05) is 23.1 Å². The van der Waals surface area contributed by atoms with Crippen LogP contribution in [0.15, 0.2) is 22.7 Å². The fraction of sp³-hybridized carbons (Fsp3) is 0.385. The average Bonchev–Trinajstić information content (AvgIpc) is 2.38. The molecule has 7 heteroatoms. The van der Waals surface area contributed by atoms with Crippen LogP contribution in [0.4, 0.5) is 10.5 Å². The molecule has 0 bridgehead atoms. The smallest absolute Gasteiger partial charge is 0.319 e. The van der Waals surface area contributed by atoms with Gasteiger partial charge < -0.3 is 15.7 Å². The van der Waals surface area contributed by atoms with E-state index in [0.29, 0.717) is 28.1 Å². The van der Waals surface area contributed by atoms with Crippen LogP contribution in [-0.2, 0) is 4.79 Å². The molecule has 0 unspecified atom stereocenters. The Bertz CT molecular complexity index is 483. The van der Waals surface area contributed by atoms with Crippen molar-refractivity contribution >= 4 is 45.2 Å². The molecule has 20 heavy (non-hydrogen) atoms. The molecular formula is C13H16BrClN2O3. The fourth-order valence-electron chi connectivity index (χ4n) is 1.53. The number of carbonyl (C=O) groups excluding carboxylic acids is 1. The third-order valence-electron chi connectivity index (χ3n) is 2.53. The van der Waals surface area contributed by atoms with Crippen molar-refractivity contribution in [3.05, 3.63) is 27.7 Å². The molecule has 0 saturated carbocycles. The SMILES string of the molecule is O=C(O)CCCCCNC(=O)Nc1ccc(Cl)c(Br)c1. The summed E-state index contributed by atoms with van der Waals surface area (Å²) < 4.78 is 0.714. The quantitative estimate of drug-likeness (QED) is 0.643. The van der Waals surface area contributed by atoms with Gasteiger partial charge >= 0.3 is 12.0 Å². The largest absolute Gasteiger partial charge is 0.481 e. The molecule has 1 aromatic carbocycles. The van der Waals surface area contributed by atoms with Gasteiger partial charge in [-0.05, 0) is 47.0 Å². The van der Waals surface area contributed by atoms with Crippen LogP contribution in [-0.4, -0.2) is 23.7 Å². The molecule has 1 rings (SSSR count). The number of nitrogens with one attached hydrogen (secondary N) is 2. The van der Waals surface area contributed by atoms with Crippen molar-refractivity contribution in [3.8, 4) is 0 Å². The standard InChI is InChI=1S/C13H16BrClN2O3/c14-10-8-9(5-6-11(10)15)17-13(20)16-7-3-1-2-4-12(18)19/h5-6,8H,1-4,7H2,(H,18,19)(H2,16,17,20). The summed E-state index contributed by atoms with van der Waals surface area (Å²) in [5, 5.41) is 14.4. The number of carbonyl (C=O) groups is 2. The Morgan fingerprint density at radius 2 is 2.00 bits per heavy atom. The Kier molecular flexibility index (Phi) is 7.40. The zero-order valence-corrected chi connectivity index (χ0v) is 13.1. The first-order chi connectivity index (χ1) is 9.49. The second-order valence-corrected chi connectivity index (χ2v) is 5.48. The Balaban J connectivity index is 2.20. The highest BCUT2D eigenvalue weighted by Gasteiger charge is 2.03. The normalized spacial score (nSPS) is 10.1. The number of aliphatic carboxylic acids is 1. The monoisotopic (exact) mass is 362 g/mol. The molecular weight excluding hydrogens is 348 g/mol. The minimum Gasteiger partial charge on any atom is -0.481 e. The first-order valence-corrected chi connectivity index (χ1v) is 7.38. The lowest BCUT2D eigenvalue weighted by Crippen LogP contribution is -2.29. The Morgan fingerprint density at radius 3 is 2.65 bits per heavy atom. The number of amides is 2. The van der Waals surface area contributed by atoms with Crippen LogP contribution >= 0.6 is 27.5 Å². The highest BCUT2D eigenvalue weighted by molar-refractivity contribution is 9.10.